The molecule has 0 aromatic heterocycles. The third-order valence-electron chi connectivity index (χ3n) is 5.72. The highest BCUT2D eigenvalue weighted by Crippen LogP contribution is 2.23. The molecule has 182 valence electrons. The first kappa shape index (κ1) is 24.8. The van der Waals surface area contributed by atoms with Crippen LogP contribution in [-0.2, 0) is 19.1 Å². The lowest BCUT2D eigenvalue weighted by Gasteiger charge is -2.31. The van der Waals surface area contributed by atoms with Gasteiger partial charge in [0.25, 0.3) is 0 Å². The molecule has 2 aliphatic heterocycles. The van der Waals surface area contributed by atoms with Crippen LogP contribution in [0.4, 0.5) is 16.2 Å². The highest BCUT2D eigenvalue weighted by Gasteiger charge is 2.38. The number of anilines is 2. The fraction of sp³-hybridized carbons (Fsp3) is 0.625. The second-order valence-electron chi connectivity index (χ2n) is 9.38. The lowest BCUT2D eigenvalue weighted by Crippen LogP contribution is -2.50. The molecule has 3 rings (SSSR count). The van der Waals surface area contributed by atoms with Gasteiger partial charge in [-0.15, -0.1) is 0 Å². The molecular weight excluding hydrogens is 424 g/mol. The minimum absolute atomic E-state index is 0.0702. The van der Waals surface area contributed by atoms with Crippen LogP contribution < -0.4 is 10.2 Å². The summed E-state index contributed by atoms with van der Waals surface area (Å²) in [4.78, 5) is 43.6. The number of nitrogens with one attached hydrogen (secondary N) is 1. The normalized spacial score (nSPS) is 18.7. The van der Waals surface area contributed by atoms with Crippen LogP contribution in [0.3, 0.4) is 0 Å². The van der Waals surface area contributed by atoms with E-state index in [1.54, 1.807) is 20.8 Å². The summed E-state index contributed by atoms with van der Waals surface area (Å²) in [6.45, 7) is 11.1. The van der Waals surface area contributed by atoms with Crippen LogP contribution in [0.15, 0.2) is 24.3 Å². The van der Waals surface area contributed by atoms with E-state index in [4.69, 9.17) is 9.47 Å². The summed E-state index contributed by atoms with van der Waals surface area (Å²) in [6.07, 6.45) is 0.813. The molecule has 0 spiro atoms. The average Bonchev–Trinajstić information content (AvgIpc) is 3.27. The first-order chi connectivity index (χ1) is 15.7. The number of benzene rings is 1. The molecule has 0 aliphatic carbocycles. The van der Waals surface area contributed by atoms with E-state index in [0.717, 1.165) is 25.2 Å². The molecule has 9 nitrogen and oxygen atoms in total. The van der Waals surface area contributed by atoms with Gasteiger partial charge < -0.3 is 24.6 Å². The molecule has 1 unspecified atom stereocenters. The molecule has 1 aromatic rings. The van der Waals surface area contributed by atoms with Crippen molar-refractivity contribution in [3.05, 3.63) is 24.3 Å². The van der Waals surface area contributed by atoms with Gasteiger partial charge in [-0.2, -0.15) is 0 Å². The molecule has 0 saturated carbocycles. The Morgan fingerprint density at radius 2 is 1.79 bits per heavy atom. The first-order valence-corrected chi connectivity index (χ1v) is 11.7. The summed E-state index contributed by atoms with van der Waals surface area (Å²) in [7, 11) is 0. The fourth-order valence-corrected chi connectivity index (χ4v) is 4.07. The van der Waals surface area contributed by atoms with E-state index in [0.29, 0.717) is 38.4 Å². The molecule has 1 atom stereocenters. The molecule has 2 aliphatic rings. The standard InChI is InChI=1S/C24H36N4O5/c1-5-26(22(30)20-7-6-12-28(20)23(31)33-24(2,3)4)17-21(29)25-18-8-10-19(11-9-18)27-13-15-32-16-14-27/h8-11,20H,5-7,12-17H2,1-4H3,(H,25,29). The van der Waals surface area contributed by atoms with Gasteiger partial charge in [0, 0.05) is 37.6 Å². The first-order valence-electron chi connectivity index (χ1n) is 11.7. The van der Waals surface area contributed by atoms with E-state index < -0.39 is 17.7 Å². The summed E-state index contributed by atoms with van der Waals surface area (Å²) in [5.41, 5.74) is 1.14. The topological polar surface area (TPSA) is 91.4 Å². The van der Waals surface area contributed by atoms with Gasteiger partial charge in [-0.1, -0.05) is 0 Å². The number of amides is 3. The van der Waals surface area contributed by atoms with Crippen LogP contribution in [0.5, 0.6) is 0 Å². The zero-order chi connectivity index (χ0) is 24.0. The van der Waals surface area contributed by atoms with Gasteiger partial charge in [0.15, 0.2) is 0 Å². The number of morpholine rings is 1. The number of hydrogen-bond acceptors (Lipinski definition) is 6. The van der Waals surface area contributed by atoms with Crippen molar-refractivity contribution in [2.24, 2.45) is 0 Å². The minimum Gasteiger partial charge on any atom is -0.444 e. The molecule has 0 radical (unpaired) electrons. The van der Waals surface area contributed by atoms with Crippen molar-refractivity contribution in [1.82, 2.24) is 9.80 Å². The number of carbonyl (C=O) groups is 3. The minimum atomic E-state index is -0.630. The Bertz CT molecular complexity index is 830. The van der Waals surface area contributed by atoms with E-state index in [1.807, 2.05) is 31.2 Å². The third kappa shape index (κ3) is 6.83. The summed E-state index contributed by atoms with van der Waals surface area (Å²) in [6, 6.07) is 7.08. The molecule has 1 aromatic carbocycles. The second-order valence-corrected chi connectivity index (χ2v) is 9.38. The zero-order valence-corrected chi connectivity index (χ0v) is 20.1. The second kappa shape index (κ2) is 10.9. The van der Waals surface area contributed by atoms with E-state index in [9.17, 15) is 14.4 Å². The van der Waals surface area contributed by atoms with Crippen molar-refractivity contribution in [3.63, 3.8) is 0 Å². The number of likely N-dealkylation sites (tertiary alicyclic amines) is 1. The highest BCUT2D eigenvalue weighted by molar-refractivity contribution is 5.96. The van der Waals surface area contributed by atoms with Crippen LogP contribution >= 0.6 is 0 Å². The molecule has 2 saturated heterocycles. The Balaban J connectivity index is 1.56. The van der Waals surface area contributed by atoms with Crippen molar-refractivity contribution >= 4 is 29.3 Å². The maximum atomic E-state index is 13.1. The van der Waals surface area contributed by atoms with Gasteiger partial charge in [-0.25, -0.2) is 4.79 Å². The molecule has 9 heteroatoms. The monoisotopic (exact) mass is 460 g/mol. The van der Waals surface area contributed by atoms with Crippen LogP contribution in [-0.4, -0.2) is 85.3 Å². The summed E-state index contributed by atoms with van der Waals surface area (Å²) < 4.78 is 10.8. The number of nitrogens with zero attached hydrogens (tertiary/aromatic N) is 3. The van der Waals surface area contributed by atoms with Crippen molar-refractivity contribution < 1.29 is 23.9 Å². The number of ether oxygens (including phenoxy) is 2. The van der Waals surface area contributed by atoms with Gasteiger partial charge in [0.05, 0.1) is 19.8 Å². The quantitative estimate of drug-likeness (QED) is 0.702. The van der Waals surface area contributed by atoms with Crippen LogP contribution in [0.2, 0.25) is 0 Å². The highest BCUT2D eigenvalue weighted by atomic mass is 16.6. The van der Waals surface area contributed by atoms with Gasteiger partial charge in [0.2, 0.25) is 11.8 Å². The lowest BCUT2D eigenvalue weighted by molar-refractivity contribution is -0.138. The third-order valence-corrected chi connectivity index (χ3v) is 5.72. The Kier molecular flexibility index (Phi) is 8.18. The van der Waals surface area contributed by atoms with E-state index in [2.05, 4.69) is 10.2 Å². The largest absolute Gasteiger partial charge is 0.444 e. The molecule has 2 fully saturated rings. The maximum absolute atomic E-state index is 13.1. The number of rotatable bonds is 6. The molecule has 33 heavy (non-hydrogen) atoms. The fourth-order valence-electron chi connectivity index (χ4n) is 4.07. The van der Waals surface area contributed by atoms with E-state index >= 15 is 0 Å². The summed E-state index contributed by atoms with van der Waals surface area (Å²) >= 11 is 0. The molecular formula is C24H36N4O5. The Morgan fingerprint density at radius 3 is 2.39 bits per heavy atom. The van der Waals surface area contributed by atoms with Gasteiger partial charge in [-0.3, -0.25) is 14.5 Å². The SMILES string of the molecule is CCN(CC(=O)Nc1ccc(N2CCOCC2)cc1)C(=O)C1CCCN1C(=O)OC(C)(C)C. The summed E-state index contributed by atoms with van der Waals surface area (Å²) in [5.74, 6) is -0.496. The van der Waals surface area contributed by atoms with Gasteiger partial charge in [-0.05, 0) is 64.8 Å². The predicted octanol–water partition coefficient (Wildman–Crippen LogP) is 2.71. The maximum Gasteiger partial charge on any atom is 0.410 e. The van der Waals surface area contributed by atoms with Crippen LogP contribution in [0.1, 0.15) is 40.5 Å². The zero-order valence-electron chi connectivity index (χ0n) is 20.1. The van der Waals surface area contributed by atoms with E-state index in [-0.39, 0.29) is 18.4 Å². The van der Waals surface area contributed by atoms with Gasteiger partial charge in [0.1, 0.15) is 11.6 Å². The number of hydrogen-bond donors (Lipinski definition) is 1. The van der Waals surface area contributed by atoms with Crippen molar-refractivity contribution in [2.75, 3.05) is 56.2 Å². The van der Waals surface area contributed by atoms with Crippen molar-refractivity contribution in [1.29, 1.82) is 0 Å². The van der Waals surface area contributed by atoms with Crippen molar-refractivity contribution in [3.8, 4) is 0 Å². The van der Waals surface area contributed by atoms with Crippen LogP contribution in [0.25, 0.3) is 0 Å². The number of likely N-dealkylation sites (N-methyl/N-ethyl adjacent to an activating group) is 1. The van der Waals surface area contributed by atoms with Crippen LogP contribution in [0, 0.1) is 0 Å². The Labute approximate surface area is 196 Å². The predicted molar refractivity (Wildman–Crippen MR) is 126 cm³/mol. The van der Waals surface area contributed by atoms with Crippen molar-refractivity contribution in [2.45, 2.75) is 52.2 Å². The molecule has 2 heterocycles. The number of carbonyl (C=O) groups excluding carboxylic acids is 3. The summed E-state index contributed by atoms with van der Waals surface area (Å²) in [5, 5.41) is 2.87. The molecule has 1 N–H and O–H groups in total. The Hall–Kier alpha value is -2.81. The average molecular weight is 461 g/mol. The molecule has 3 amide bonds. The lowest BCUT2D eigenvalue weighted by atomic mass is 10.2. The smallest absolute Gasteiger partial charge is 0.410 e. The van der Waals surface area contributed by atoms with E-state index in [1.165, 1.54) is 9.80 Å². The molecule has 0 bridgehead atoms. The Morgan fingerprint density at radius 1 is 1.12 bits per heavy atom. The van der Waals surface area contributed by atoms with Gasteiger partial charge >= 0.3 is 6.09 Å².